The van der Waals surface area contributed by atoms with E-state index in [2.05, 4.69) is 26.2 Å². The van der Waals surface area contributed by atoms with E-state index in [9.17, 15) is 4.79 Å². The van der Waals surface area contributed by atoms with Gasteiger partial charge >= 0.3 is 5.97 Å². The number of carbonyl (C=O) groups excluding carboxylic acids is 1. The van der Waals surface area contributed by atoms with Crippen LogP contribution in [-0.4, -0.2) is 39.7 Å². The van der Waals surface area contributed by atoms with E-state index < -0.39 is 6.04 Å². The summed E-state index contributed by atoms with van der Waals surface area (Å²) >= 11 is 5.00. The molecule has 10 heteroatoms. The van der Waals surface area contributed by atoms with Crippen molar-refractivity contribution >= 4 is 39.6 Å². The van der Waals surface area contributed by atoms with E-state index in [-0.39, 0.29) is 5.97 Å². The van der Waals surface area contributed by atoms with Gasteiger partial charge in [-0.3, -0.25) is 0 Å². The molecule has 3 aromatic rings. The largest absolute Gasteiger partial charge is 0.490 e. The summed E-state index contributed by atoms with van der Waals surface area (Å²) in [5.74, 6) is 2.26. The first-order valence-electron chi connectivity index (χ1n) is 12.3. The van der Waals surface area contributed by atoms with Gasteiger partial charge in [-0.2, -0.15) is 4.98 Å². The van der Waals surface area contributed by atoms with Crippen LogP contribution >= 0.6 is 27.7 Å². The minimum Gasteiger partial charge on any atom is -0.490 e. The van der Waals surface area contributed by atoms with E-state index in [1.54, 1.807) is 16.4 Å². The number of allylic oxidation sites excluding steroid dienone is 1. The van der Waals surface area contributed by atoms with Gasteiger partial charge in [-0.1, -0.05) is 59.7 Å². The number of hydrogen-bond acceptors (Lipinski definition) is 8. The summed E-state index contributed by atoms with van der Waals surface area (Å²) in [5, 5.41) is 8.59. The Morgan fingerprint density at radius 3 is 2.59 bits per heavy atom. The Balaban J connectivity index is 1.72. The fraction of sp³-hybridized carbons (Fsp3) is 0.370. The van der Waals surface area contributed by atoms with Crippen molar-refractivity contribution in [3.8, 4) is 11.5 Å². The zero-order chi connectivity index (χ0) is 26.4. The standard InChI is InChI=1S/C27H31BrN4O4S/c1-5-14-35-25(33)23-17(4)29-26-30-27(37-7-3)31-32(26)24(23)19-10-13-21(22(15-19)34-6-2)36-16-18-8-11-20(28)12-9-18/h8-13,15,24H,5-7,14,16H2,1-4H3,(H,29,30,31). The highest BCUT2D eigenvalue weighted by atomic mass is 79.9. The lowest BCUT2D eigenvalue weighted by atomic mass is 9.95. The molecular formula is C27H31BrN4O4S. The van der Waals surface area contributed by atoms with Crippen LogP contribution in [0.15, 0.2) is 63.4 Å². The van der Waals surface area contributed by atoms with Crippen LogP contribution in [0.25, 0.3) is 0 Å². The lowest BCUT2D eigenvalue weighted by molar-refractivity contribution is -0.139. The third-order valence-electron chi connectivity index (χ3n) is 5.65. The second-order valence-corrected chi connectivity index (χ2v) is 10.5. The molecule has 0 radical (unpaired) electrons. The smallest absolute Gasteiger partial charge is 0.338 e. The number of halogens is 1. The molecule has 1 unspecified atom stereocenters. The molecule has 2 aromatic carbocycles. The molecule has 2 heterocycles. The zero-order valence-electron chi connectivity index (χ0n) is 21.4. The van der Waals surface area contributed by atoms with E-state index in [0.29, 0.717) is 53.7 Å². The molecule has 0 saturated heterocycles. The number of aromatic nitrogens is 3. The van der Waals surface area contributed by atoms with Crippen LogP contribution in [0, 0.1) is 0 Å². The van der Waals surface area contributed by atoms with Crippen molar-refractivity contribution in [2.45, 2.75) is 51.9 Å². The first-order chi connectivity index (χ1) is 17.9. The summed E-state index contributed by atoms with van der Waals surface area (Å²) in [5.41, 5.74) is 3.04. The average Bonchev–Trinajstić information content (AvgIpc) is 3.28. The summed E-state index contributed by atoms with van der Waals surface area (Å²) in [6, 6.07) is 13.2. The SMILES string of the molecule is CCCOC(=O)C1=C(C)Nc2nc(SCC)nn2C1c1ccc(OCc2ccc(Br)cc2)c(OCC)c1. The molecule has 0 fully saturated rings. The Bertz CT molecular complexity index is 1280. The monoisotopic (exact) mass is 586 g/mol. The number of esters is 1. The Hall–Kier alpha value is -2.98. The van der Waals surface area contributed by atoms with Crippen molar-refractivity contribution in [3.63, 3.8) is 0 Å². The lowest BCUT2D eigenvalue weighted by Crippen LogP contribution is -2.29. The first kappa shape index (κ1) is 27.1. The van der Waals surface area contributed by atoms with Crippen molar-refractivity contribution in [2.24, 2.45) is 0 Å². The fourth-order valence-electron chi connectivity index (χ4n) is 3.99. The molecule has 0 amide bonds. The zero-order valence-corrected chi connectivity index (χ0v) is 23.8. The summed E-state index contributed by atoms with van der Waals surface area (Å²) in [7, 11) is 0. The molecule has 8 nitrogen and oxygen atoms in total. The maximum Gasteiger partial charge on any atom is 0.338 e. The predicted molar refractivity (Wildman–Crippen MR) is 148 cm³/mol. The van der Waals surface area contributed by atoms with Crippen molar-refractivity contribution < 1.29 is 19.0 Å². The molecule has 1 aliphatic rings. The molecule has 0 bridgehead atoms. The van der Waals surface area contributed by atoms with Crippen LogP contribution < -0.4 is 14.8 Å². The van der Waals surface area contributed by atoms with E-state index in [1.807, 2.05) is 70.2 Å². The second kappa shape index (κ2) is 12.5. The third-order valence-corrected chi connectivity index (χ3v) is 6.90. The molecule has 37 heavy (non-hydrogen) atoms. The van der Waals surface area contributed by atoms with Gasteiger partial charge in [0.25, 0.3) is 0 Å². The van der Waals surface area contributed by atoms with Crippen molar-refractivity contribution in [1.82, 2.24) is 14.8 Å². The van der Waals surface area contributed by atoms with E-state index in [0.717, 1.165) is 27.8 Å². The summed E-state index contributed by atoms with van der Waals surface area (Å²) in [6.45, 7) is 9.02. The number of benzene rings is 2. The summed E-state index contributed by atoms with van der Waals surface area (Å²) in [4.78, 5) is 17.8. The maximum absolute atomic E-state index is 13.2. The van der Waals surface area contributed by atoms with Gasteiger partial charge in [-0.05, 0) is 61.4 Å². The molecule has 1 aromatic heterocycles. The highest BCUT2D eigenvalue weighted by molar-refractivity contribution is 9.10. The number of rotatable bonds is 11. The maximum atomic E-state index is 13.2. The average molecular weight is 588 g/mol. The van der Waals surface area contributed by atoms with Gasteiger partial charge in [-0.15, -0.1) is 5.10 Å². The fourth-order valence-corrected chi connectivity index (χ4v) is 4.81. The number of nitrogens with zero attached hydrogens (tertiary/aromatic N) is 3. The van der Waals surface area contributed by atoms with Crippen LogP contribution in [-0.2, 0) is 16.1 Å². The van der Waals surface area contributed by atoms with Crippen molar-refractivity contribution in [2.75, 3.05) is 24.3 Å². The quantitative estimate of drug-likeness (QED) is 0.205. The minimum absolute atomic E-state index is 0.344. The molecule has 4 rings (SSSR count). The lowest BCUT2D eigenvalue weighted by Gasteiger charge is -2.28. The number of ether oxygens (including phenoxy) is 3. The van der Waals surface area contributed by atoms with E-state index in [4.69, 9.17) is 19.3 Å². The normalized spacial score (nSPS) is 14.7. The Labute approximate surface area is 229 Å². The van der Waals surface area contributed by atoms with Crippen LogP contribution in [0.3, 0.4) is 0 Å². The molecule has 0 saturated carbocycles. The van der Waals surface area contributed by atoms with Crippen LogP contribution in [0.4, 0.5) is 5.95 Å². The van der Waals surface area contributed by atoms with Gasteiger partial charge in [0.15, 0.2) is 11.5 Å². The predicted octanol–water partition coefficient (Wildman–Crippen LogP) is 6.37. The first-order valence-corrected chi connectivity index (χ1v) is 14.1. The van der Waals surface area contributed by atoms with Crippen LogP contribution in [0.1, 0.15) is 51.3 Å². The Morgan fingerprint density at radius 1 is 1.11 bits per heavy atom. The van der Waals surface area contributed by atoms with Gasteiger partial charge in [-0.25, -0.2) is 9.48 Å². The number of carbonyl (C=O) groups is 1. The van der Waals surface area contributed by atoms with E-state index >= 15 is 0 Å². The number of anilines is 1. The number of fused-ring (bicyclic) bond motifs is 1. The van der Waals surface area contributed by atoms with Gasteiger partial charge in [0, 0.05) is 10.2 Å². The molecule has 1 aliphatic heterocycles. The number of hydrogen-bond donors (Lipinski definition) is 1. The number of thioether (sulfide) groups is 1. The third kappa shape index (κ3) is 6.30. The molecule has 1 N–H and O–H groups in total. The minimum atomic E-state index is -0.529. The highest BCUT2D eigenvalue weighted by Gasteiger charge is 2.35. The van der Waals surface area contributed by atoms with Gasteiger partial charge in [0.05, 0.1) is 18.8 Å². The van der Waals surface area contributed by atoms with Crippen molar-refractivity contribution in [3.05, 3.63) is 69.3 Å². The molecule has 0 spiro atoms. The van der Waals surface area contributed by atoms with Crippen LogP contribution in [0.5, 0.6) is 11.5 Å². The Morgan fingerprint density at radius 2 is 1.89 bits per heavy atom. The second-order valence-electron chi connectivity index (χ2n) is 8.35. The van der Waals surface area contributed by atoms with Gasteiger partial charge in [0.2, 0.25) is 11.1 Å². The highest BCUT2D eigenvalue weighted by Crippen LogP contribution is 2.40. The Kier molecular flexibility index (Phi) is 9.15. The van der Waals surface area contributed by atoms with Crippen LogP contribution in [0.2, 0.25) is 0 Å². The van der Waals surface area contributed by atoms with Gasteiger partial charge < -0.3 is 19.5 Å². The molecule has 1 atom stereocenters. The summed E-state index contributed by atoms with van der Waals surface area (Å²) < 4.78 is 20.4. The van der Waals surface area contributed by atoms with E-state index in [1.165, 1.54) is 0 Å². The summed E-state index contributed by atoms with van der Waals surface area (Å²) in [6.07, 6.45) is 0.737. The topological polar surface area (TPSA) is 87.5 Å². The van der Waals surface area contributed by atoms with Crippen molar-refractivity contribution in [1.29, 1.82) is 0 Å². The molecule has 196 valence electrons. The molecular weight excluding hydrogens is 556 g/mol. The number of nitrogens with one attached hydrogen (secondary N) is 1. The molecule has 0 aliphatic carbocycles. The van der Waals surface area contributed by atoms with Gasteiger partial charge in [0.1, 0.15) is 12.6 Å².